The Morgan fingerprint density at radius 2 is 2.10 bits per heavy atom. The smallest absolute Gasteiger partial charge is 0.243 e. The second-order valence-electron chi connectivity index (χ2n) is 4.34. The van der Waals surface area contributed by atoms with Crippen LogP contribution in [0.3, 0.4) is 0 Å². The number of imidazole rings is 1. The molecule has 1 aromatic carbocycles. The first kappa shape index (κ1) is 14.5. The molecule has 1 atom stereocenters. The lowest BCUT2D eigenvalue weighted by Gasteiger charge is -2.15. The van der Waals surface area contributed by atoms with E-state index in [4.69, 9.17) is 0 Å². The number of rotatable bonds is 6. The molecular weight excluding hydrogens is 276 g/mol. The van der Waals surface area contributed by atoms with Gasteiger partial charge in [-0.3, -0.25) is 0 Å². The van der Waals surface area contributed by atoms with Crippen molar-refractivity contribution in [2.45, 2.75) is 24.8 Å². The van der Waals surface area contributed by atoms with E-state index in [1.54, 1.807) is 43.6 Å². The summed E-state index contributed by atoms with van der Waals surface area (Å²) >= 11 is 0. The number of anilines is 1. The number of nitrogens with one attached hydrogen (secondary N) is 3. The average molecular weight is 294 g/mol. The van der Waals surface area contributed by atoms with Crippen LogP contribution in [0.1, 0.15) is 25.7 Å². The van der Waals surface area contributed by atoms with Gasteiger partial charge in [0.25, 0.3) is 0 Å². The minimum Gasteiger partial charge on any atom is -0.384 e. The molecule has 108 valence electrons. The molecule has 1 heterocycles. The molecule has 0 saturated carbocycles. The number of aromatic nitrogens is 2. The van der Waals surface area contributed by atoms with E-state index in [1.807, 2.05) is 6.92 Å². The van der Waals surface area contributed by atoms with Crippen LogP contribution in [0, 0.1) is 0 Å². The molecule has 0 spiro atoms. The molecule has 2 rings (SSSR count). The average Bonchev–Trinajstić information content (AvgIpc) is 2.93. The second kappa shape index (κ2) is 6.06. The number of hydrogen-bond acceptors (Lipinski definition) is 4. The van der Waals surface area contributed by atoms with Crippen molar-refractivity contribution in [3.8, 4) is 0 Å². The molecule has 0 fully saturated rings. The number of benzene rings is 1. The Balaban J connectivity index is 2.27. The Labute approximate surface area is 118 Å². The van der Waals surface area contributed by atoms with Gasteiger partial charge in [0.15, 0.2) is 0 Å². The monoisotopic (exact) mass is 294 g/mol. The zero-order valence-corrected chi connectivity index (χ0v) is 12.2. The molecule has 7 heteroatoms. The van der Waals surface area contributed by atoms with Crippen molar-refractivity contribution >= 4 is 15.7 Å². The fraction of sp³-hybridized carbons (Fsp3) is 0.308. The first-order chi connectivity index (χ1) is 9.54. The van der Waals surface area contributed by atoms with Crippen molar-refractivity contribution in [2.75, 3.05) is 11.9 Å². The normalized spacial score (nSPS) is 13.1. The van der Waals surface area contributed by atoms with E-state index in [1.165, 1.54) is 0 Å². The van der Waals surface area contributed by atoms with E-state index in [0.29, 0.717) is 18.1 Å². The van der Waals surface area contributed by atoms with E-state index in [2.05, 4.69) is 20.0 Å². The Morgan fingerprint density at radius 3 is 2.75 bits per heavy atom. The molecule has 0 aliphatic carbocycles. The van der Waals surface area contributed by atoms with Crippen molar-refractivity contribution in [1.29, 1.82) is 0 Å². The predicted octanol–water partition coefficient (Wildman–Crippen LogP) is 1.88. The number of H-pyrrole nitrogens is 1. The first-order valence-electron chi connectivity index (χ1n) is 6.39. The van der Waals surface area contributed by atoms with Gasteiger partial charge in [-0.1, -0.05) is 12.1 Å². The standard InChI is InChI=1S/C13H18N4O2S/c1-3-14-11-6-4-5-7-12(11)20(18,19)17-10(2)13-15-8-9-16-13/h4-10,14,17H,3H2,1-2H3,(H,15,16). The van der Waals surface area contributed by atoms with E-state index in [-0.39, 0.29) is 4.90 Å². The summed E-state index contributed by atoms with van der Waals surface area (Å²) in [5.74, 6) is 0.578. The van der Waals surface area contributed by atoms with E-state index < -0.39 is 16.1 Å². The molecule has 0 bridgehead atoms. The van der Waals surface area contributed by atoms with Gasteiger partial charge in [0, 0.05) is 18.9 Å². The van der Waals surface area contributed by atoms with Crippen LogP contribution in [0.2, 0.25) is 0 Å². The maximum absolute atomic E-state index is 12.4. The van der Waals surface area contributed by atoms with Crippen LogP contribution in [0.25, 0.3) is 0 Å². The van der Waals surface area contributed by atoms with Gasteiger partial charge in [0.1, 0.15) is 10.7 Å². The first-order valence-corrected chi connectivity index (χ1v) is 7.87. The lowest BCUT2D eigenvalue weighted by Crippen LogP contribution is -2.28. The lowest BCUT2D eigenvalue weighted by atomic mass is 10.3. The molecule has 0 saturated heterocycles. The highest BCUT2D eigenvalue weighted by atomic mass is 32.2. The molecule has 2 aromatic rings. The summed E-state index contributed by atoms with van der Waals surface area (Å²) < 4.78 is 27.5. The van der Waals surface area contributed by atoms with Gasteiger partial charge in [-0.05, 0) is 26.0 Å². The molecule has 1 unspecified atom stereocenters. The highest BCUT2D eigenvalue weighted by Crippen LogP contribution is 2.22. The summed E-state index contributed by atoms with van der Waals surface area (Å²) in [4.78, 5) is 7.19. The largest absolute Gasteiger partial charge is 0.384 e. The maximum atomic E-state index is 12.4. The highest BCUT2D eigenvalue weighted by Gasteiger charge is 2.22. The van der Waals surface area contributed by atoms with E-state index in [9.17, 15) is 8.42 Å². The van der Waals surface area contributed by atoms with Crippen molar-refractivity contribution < 1.29 is 8.42 Å². The van der Waals surface area contributed by atoms with Crippen molar-refractivity contribution in [3.63, 3.8) is 0 Å². The van der Waals surface area contributed by atoms with Crippen molar-refractivity contribution in [3.05, 3.63) is 42.5 Å². The summed E-state index contributed by atoms with van der Waals surface area (Å²) in [5.41, 5.74) is 0.592. The van der Waals surface area contributed by atoms with Crippen LogP contribution in [0.4, 0.5) is 5.69 Å². The molecule has 0 amide bonds. The number of nitrogens with zero attached hydrogens (tertiary/aromatic N) is 1. The quantitative estimate of drug-likeness (QED) is 0.759. The maximum Gasteiger partial charge on any atom is 0.243 e. The van der Waals surface area contributed by atoms with Gasteiger partial charge >= 0.3 is 0 Å². The van der Waals surface area contributed by atoms with Crippen LogP contribution >= 0.6 is 0 Å². The topological polar surface area (TPSA) is 86.9 Å². The van der Waals surface area contributed by atoms with Gasteiger partial charge in [-0.15, -0.1) is 0 Å². The minimum atomic E-state index is -3.61. The number of para-hydroxylation sites is 1. The molecule has 0 aliphatic rings. The van der Waals surface area contributed by atoms with Crippen LogP contribution < -0.4 is 10.0 Å². The van der Waals surface area contributed by atoms with E-state index in [0.717, 1.165) is 0 Å². The Hall–Kier alpha value is -1.86. The van der Waals surface area contributed by atoms with Gasteiger partial charge < -0.3 is 10.3 Å². The summed E-state index contributed by atoms with van der Waals surface area (Å²) in [5, 5.41) is 3.05. The van der Waals surface area contributed by atoms with Crippen molar-refractivity contribution in [2.24, 2.45) is 0 Å². The molecular formula is C13H18N4O2S. The Kier molecular flexibility index (Phi) is 4.41. The van der Waals surface area contributed by atoms with Crippen molar-refractivity contribution in [1.82, 2.24) is 14.7 Å². The fourth-order valence-corrected chi connectivity index (χ4v) is 3.30. The third-order valence-electron chi connectivity index (χ3n) is 2.81. The summed E-state index contributed by atoms with van der Waals surface area (Å²) in [6.45, 7) is 4.31. The third-order valence-corrected chi connectivity index (χ3v) is 4.40. The zero-order chi connectivity index (χ0) is 14.6. The lowest BCUT2D eigenvalue weighted by molar-refractivity contribution is 0.561. The number of aromatic amines is 1. The zero-order valence-electron chi connectivity index (χ0n) is 11.4. The Bertz CT molecular complexity index is 653. The van der Waals surface area contributed by atoms with Gasteiger partial charge in [-0.25, -0.2) is 18.1 Å². The van der Waals surface area contributed by atoms with Gasteiger partial charge in [0.2, 0.25) is 10.0 Å². The predicted molar refractivity (Wildman–Crippen MR) is 77.9 cm³/mol. The SMILES string of the molecule is CCNc1ccccc1S(=O)(=O)NC(C)c1ncc[nH]1. The highest BCUT2D eigenvalue weighted by molar-refractivity contribution is 7.89. The van der Waals surface area contributed by atoms with Gasteiger partial charge in [-0.2, -0.15) is 0 Å². The minimum absolute atomic E-state index is 0.236. The number of sulfonamides is 1. The molecule has 1 aromatic heterocycles. The fourth-order valence-electron chi connectivity index (χ4n) is 1.90. The van der Waals surface area contributed by atoms with Crippen LogP contribution in [-0.4, -0.2) is 24.9 Å². The molecule has 3 N–H and O–H groups in total. The summed E-state index contributed by atoms with van der Waals surface area (Å²) in [6.07, 6.45) is 3.25. The number of hydrogen-bond donors (Lipinski definition) is 3. The molecule has 0 radical (unpaired) electrons. The van der Waals surface area contributed by atoms with Crippen LogP contribution in [0.15, 0.2) is 41.6 Å². The molecule has 0 aliphatic heterocycles. The van der Waals surface area contributed by atoms with Gasteiger partial charge in [0.05, 0.1) is 11.7 Å². The summed E-state index contributed by atoms with van der Waals surface area (Å²) in [6, 6.07) is 6.40. The van der Waals surface area contributed by atoms with Crippen LogP contribution in [0.5, 0.6) is 0 Å². The Morgan fingerprint density at radius 1 is 1.35 bits per heavy atom. The summed E-state index contributed by atoms with van der Waals surface area (Å²) in [7, 11) is -3.61. The molecule has 6 nitrogen and oxygen atoms in total. The third kappa shape index (κ3) is 3.17. The van der Waals surface area contributed by atoms with Crippen LogP contribution in [-0.2, 0) is 10.0 Å². The van der Waals surface area contributed by atoms with E-state index >= 15 is 0 Å². The second-order valence-corrected chi connectivity index (χ2v) is 6.03. The molecule has 20 heavy (non-hydrogen) atoms.